The highest BCUT2D eigenvalue weighted by molar-refractivity contribution is 7.15. The normalized spacial score (nSPS) is 10.0. The van der Waals surface area contributed by atoms with Crippen LogP contribution < -0.4 is 4.74 Å². The summed E-state index contributed by atoms with van der Waals surface area (Å²) in [6.07, 6.45) is 3.20. The molecular weight excluding hydrogens is 244 g/mol. The van der Waals surface area contributed by atoms with Gasteiger partial charge in [0.1, 0.15) is 10.8 Å². The standard InChI is InChI=1S/C14H14N2OS/c1-2-9-17-12-5-3-11(4-6-12)14-16-10-13(18-14)7-8-15/h3-6,10H,2,7,9H2,1H3. The van der Waals surface area contributed by atoms with E-state index in [9.17, 15) is 0 Å². The Morgan fingerprint density at radius 3 is 2.78 bits per heavy atom. The van der Waals surface area contributed by atoms with Crippen LogP contribution in [0.5, 0.6) is 5.75 Å². The van der Waals surface area contributed by atoms with Gasteiger partial charge in [0.05, 0.1) is 19.1 Å². The van der Waals surface area contributed by atoms with Crippen molar-refractivity contribution >= 4 is 11.3 Å². The van der Waals surface area contributed by atoms with Gasteiger partial charge in [0.15, 0.2) is 0 Å². The first-order valence-electron chi connectivity index (χ1n) is 5.88. The van der Waals surface area contributed by atoms with Gasteiger partial charge in [0.25, 0.3) is 0 Å². The Morgan fingerprint density at radius 1 is 1.33 bits per heavy atom. The van der Waals surface area contributed by atoms with Crippen LogP contribution in [0.4, 0.5) is 0 Å². The van der Waals surface area contributed by atoms with Crippen molar-refractivity contribution in [1.29, 1.82) is 5.26 Å². The van der Waals surface area contributed by atoms with E-state index in [1.165, 1.54) is 0 Å². The van der Waals surface area contributed by atoms with Crippen molar-refractivity contribution in [1.82, 2.24) is 4.98 Å². The zero-order chi connectivity index (χ0) is 12.8. The molecule has 1 aromatic carbocycles. The lowest BCUT2D eigenvalue weighted by atomic mass is 10.2. The molecule has 0 fully saturated rings. The first kappa shape index (κ1) is 12.6. The number of ether oxygens (including phenoxy) is 1. The van der Waals surface area contributed by atoms with Crippen molar-refractivity contribution in [3.05, 3.63) is 35.3 Å². The monoisotopic (exact) mass is 258 g/mol. The summed E-state index contributed by atoms with van der Waals surface area (Å²) in [6.45, 7) is 2.82. The maximum atomic E-state index is 8.63. The SMILES string of the molecule is CCCOc1ccc(-c2ncc(CC#N)s2)cc1. The summed E-state index contributed by atoms with van der Waals surface area (Å²) in [6, 6.07) is 10.0. The predicted octanol–water partition coefficient (Wildman–Crippen LogP) is 3.66. The Morgan fingerprint density at radius 2 is 2.11 bits per heavy atom. The van der Waals surface area contributed by atoms with E-state index in [0.717, 1.165) is 34.2 Å². The largest absolute Gasteiger partial charge is 0.494 e. The van der Waals surface area contributed by atoms with Crippen LogP contribution in [0.2, 0.25) is 0 Å². The van der Waals surface area contributed by atoms with Crippen molar-refractivity contribution < 1.29 is 4.74 Å². The van der Waals surface area contributed by atoms with E-state index in [0.29, 0.717) is 6.42 Å². The van der Waals surface area contributed by atoms with Gasteiger partial charge in [-0.05, 0) is 30.7 Å². The zero-order valence-electron chi connectivity index (χ0n) is 10.2. The third-order valence-electron chi connectivity index (χ3n) is 2.38. The molecule has 0 atom stereocenters. The van der Waals surface area contributed by atoms with Crippen LogP contribution in [0.15, 0.2) is 30.5 Å². The Bertz CT molecular complexity index is 540. The van der Waals surface area contributed by atoms with Gasteiger partial charge >= 0.3 is 0 Å². The minimum Gasteiger partial charge on any atom is -0.494 e. The number of thiazole rings is 1. The summed E-state index contributed by atoms with van der Waals surface area (Å²) in [7, 11) is 0. The lowest BCUT2D eigenvalue weighted by Crippen LogP contribution is -1.94. The van der Waals surface area contributed by atoms with Crippen LogP contribution in [0.3, 0.4) is 0 Å². The van der Waals surface area contributed by atoms with Crippen molar-refractivity contribution in [2.45, 2.75) is 19.8 Å². The number of hydrogen-bond donors (Lipinski definition) is 0. The molecule has 0 amide bonds. The van der Waals surface area contributed by atoms with Gasteiger partial charge < -0.3 is 4.74 Å². The topological polar surface area (TPSA) is 45.9 Å². The minimum atomic E-state index is 0.426. The van der Waals surface area contributed by atoms with Gasteiger partial charge in [0, 0.05) is 16.6 Å². The molecule has 0 unspecified atom stereocenters. The van der Waals surface area contributed by atoms with E-state index in [1.54, 1.807) is 17.5 Å². The van der Waals surface area contributed by atoms with E-state index in [-0.39, 0.29) is 0 Å². The first-order chi connectivity index (χ1) is 8.83. The summed E-state index contributed by atoms with van der Waals surface area (Å²) in [5.41, 5.74) is 1.06. The fourth-order valence-corrected chi connectivity index (χ4v) is 2.36. The number of aromatic nitrogens is 1. The molecule has 1 heterocycles. The molecule has 0 aliphatic rings. The molecule has 0 saturated heterocycles. The Balaban J connectivity index is 2.10. The van der Waals surface area contributed by atoms with Gasteiger partial charge in [-0.3, -0.25) is 0 Å². The highest BCUT2D eigenvalue weighted by Gasteiger charge is 2.04. The van der Waals surface area contributed by atoms with Crippen molar-refractivity contribution in [2.75, 3.05) is 6.61 Å². The Labute approximate surface area is 111 Å². The highest BCUT2D eigenvalue weighted by atomic mass is 32.1. The van der Waals surface area contributed by atoms with Gasteiger partial charge in [-0.2, -0.15) is 5.26 Å². The van der Waals surface area contributed by atoms with E-state index in [1.807, 2.05) is 24.3 Å². The molecule has 1 aromatic heterocycles. The summed E-state index contributed by atoms with van der Waals surface area (Å²) in [4.78, 5) is 5.32. The van der Waals surface area contributed by atoms with Crippen LogP contribution in [-0.4, -0.2) is 11.6 Å². The van der Waals surface area contributed by atoms with E-state index < -0.39 is 0 Å². The minimum absolute atomic E-state index is 0.426. The van der Waals surface area contributed by atoms with Gasteiger partial charge in [-0.25, -0.2) is 4.98 Å². The molecule has 0 aliphatic carbocycles. The number of nitriles is 1. The van der Waals surface area contributed by atoms with Gasteiger partial charge in [-0.15, -0.1) is 11.3 Å². The lowest BCUT2D eigenvalue weighted by Gasteiger charge is -2.04. The smallest absolute Gasteiger partial charge is 0.123 e. The molecule has 3 nitrogen and oxygen atoms in total. The summed E-state index contributed by atoms with van der Waals surface area (Å²) in [5.74, 6) is 0.884. The van der Waals surface area contributed by atoms with Gasteiger partial charge in [-0.1, -0.05) is 6.92 Å². The number of nitrogens with zero attached hydrogens (tertiary/aromatic N) is 2. The molecule has 18 heavy (non-hydrogen) atoms. The summed E-state index contributed by atoms with van der Waals surface area (Å²) >= 11 is 1.56. The molecule has 0 aliphatic heterocycles. The Hall–Kier alpha value is -1.86. The number of rotatable bonds is 5. The average molecular weight is 258 g/mol. The van der Waals surface area contributed by atoms with Crippen molar-refractivity contribution in [3.63, 3.8) is 0 Å². The maximum absolute atomic E-state index is 8.63. The quantitative estimate of drug-likeness (QED) is 0.822. The molecule has 0 N–H and O–H groups in total. The van der Waals surface area contributed by atoms with E-state index in [2.05, 4.69) is 18.0 Å². The van der Waals surface area contributed by atoms with E-state index >= 15 is 0 Å². The second kappa shape index (κ2) is 6.18. The molecular formula is C14H14N2OS. The molecule has 2 rings (SSSR count). The summed E-state index contributed by atoms with van der Waals surface area (Å²) in [5, 5.41) is 9.58. The van der Waals surface area contributed by atoms with Crippen LogP contribution in [0, 0.1) is 11.3 Å². The van der Waals surface area contributed by atoms with Crippen molar-refractivity contribution in [2.24, 2.45) is 0 Å². The van der Waals surface area contributed by atoms with Crippen LogP contribution in [0.1, 0.15) is 18.2 Å². The van der Waals surface area contributed by atoms with Gasteiger partial charge in [0.2, 0.25) is 0 Å². The van der Waals surface area contributed by atoms with Crippen LogP contribution >= 0.6 is 11.3 Å². The third kappa shape index (κ3) is 3.08. The molecule has 0 bridgehead atoms. The predicted molar refractivity (Wildman–Crippen MR) is 72.7 cm³/mol. The molecule has 0 spiro atoms. The second-order valence-corrected chi connectivity index (χ2v) is 4.95. The average Bonchev–Trinajstić information content (AvgIpc) is 2.86. The number of benzene rings is 1. The zero-order valence-corrected chi connectivity index (χ0v) is 11.0. The molecule has 0 saturated carbocycles. The molecule has 4 heteroatoms. The molecule has 2 aromatic rings. The van der Waals surface area contributed by atoms with Crippen LogP contribution in [-0.2, 0) is 6.42 Å². The lowest BCUT2D eigenvalue weighted by molar-refractivity contribution is 0.317. The van der Waals surface area contributed by atoms with E-state index in [4.69, 9.17) is 10.00 Å². The maximum Gasteiger partial charge on any atom is 0.123 e. The first-order valence-corrected chi connectivity index (χ1v) is 6.70. The molecule has 92 valence electrons. The fraction of sp³-hybridized carbons (Fsp3) is 0.286. The summed E-state index contributed by atoms with van der Waals surface area (Å²) < 4.78 is 5.53. The van der Waals surface area contributed by atoms with Crippen molar-refractivity contribution in [3.8, 4) is 22.4 Å². The Kier molecular flexibility index (Phi) is 4.32. The second-order valence-electron chi connectivity index (χ2n) is 3.84. The van der Waals surface area contributed by atoms with Crippen LogP contribution in [0.25, 0.3) is 10.6 Å². The highest BCUT2D eigenvalue weighted by Crippen LogP contribution is 2.27. The number of hydrogen-bond acceptors (Lipinski definition) is 4. The third-order valence-corrected chi connectivity index (χ3v) is 3.43. The molecule has 0 radical (unpaired) electrons. The fourth-order valence-electron chi connectivity index (χ4n) is 1.51.